The van der Waals surface area contributed by atoms with E-state index >= 15 is 0 Å². The SMILES string of the molecule is O=C1CCC(N2Cc3c(SCCCCCCNC(=O)C45CC6CC(CC(Cl)(C6)C4)C5)cccc3C2=O)C(=O)N1. The summed E-state index contributed by atoms with van der Waals surface area (Å²) in [6, 6.07) is 5.21. The van der Waals surface area contributed by atoms with Gasteiger partial charge in [0, 0.05) is 34.8 Å². The lowest BCUT2D eigenvalue weighted by Gasteiger charge is -2.59. The number of fused-ring (bicyclic) bond motifs is 1. The third-order valence-electron chi connectivity index (χ3n) is 9.62. The van der Waals surface area contributed by atoms with Crippen LogP contribution in [-0.2, 0) is 20.9 Å². The van der Waals surface area contributed by atoms with Crippen LogP contribution in [0, 0.1) is 17.3 Å². The Morgan fingerprint density at radius 3 is 2.59 bits per heavy atom. The third kappa shape index (κ3) is 5.35. The normalized spacial score (nSPS) is 32.9. The highest BCUT2D eigenvalue weighted by Crippen LogP contribution is 2.63. The summed E-state index contributed by atoms with van der Waals surface area (Å²) in [5.74, 6) is 1.70. The van der Waals surface area contributed by atoms with Crippen molar-refractivity contribution >= 4 is 47.0 Å². The van der Waals surface area contributed by atoms with Crippen LogP contribution in [0.15, 0.2) is 23.1 Å². The summed E-state index contributed by atoms with van der Waals surface area (Å²) >= 11 is 8.67. The Labute approximate surface area is 239 Å². The first-order valence-electron chi connectivity index (χ1n) is 14.6. The number of carbonyl (C=O) groups is 4. The Morgan fingerprint density at radius 2 is 1.85 bits per heavy atom. The van der Waals surface area contributed by atoms with E-state index in [0.717, 1.165) is 80.5 Å². The minimum atomic E-state index is -0.583. The van der Waals surface area contributed by atoms with Crippen LogP contribution in [-0.4, -0.2) is 51.7 Å². The molecule has 4 aliphatic carbocycles. The monoisotopic (exact) mass is 571 g/mol. The lowest BCUT2D eigenvalue weighted by atomic mass is 9.49. The molecule has 4 saturated carbocycles. The molecule has 0 aromatic heterocycles. The summed E-state index contributed by atoms with van der Waals surface area (Å²) in [7, 11) is 0. The van der Waals surface area contributed by atoms with Crippen LogP contribution < -0.4 is 10.6 Å². The Morgan fingerprint density at radius 1 is 1.08 bits per heavy atom. The van der Waals surface area contributed by atoms with Gasteiger partial charge in [0.2, 0.25) is 17.7 Å². The van der Waals surface area contributed by atoms with Gasteiger partial charge in [-0.1, -0.05) is 18.9 Å². The minimum Gasteiger partial charge on any atom is -0.356 e. The fourth-order valence-corrected chi connectivity index (χ4v) is 10.0. The molecular formula is C30H38ClN3O4S. The predicted octanol–water partition coefficient (Wildman–Crippen LogP) is 4.79. The topological polar surface area (TPSA) is 95.6 Å². The zero-order valence-corrected chi connectivity index (χ0v) is 24.0. The van der Waals surface area contributed by atoms with Gasteiger partial charge in [0.1, 0.15) is 6.04 Å². The van der Waals surface area contributed by atoms with Crippen LogP contribution in [0.25, 0.3) is 0 Å². The third-order valence-corrected chi connectivity index (χ3v) is 11.3. The Hall–Kier alpha value is -2.06. The fraction of sp³-hybridized carbons (Fsp3) is 0.667. The summed E-state index contributed by atoms with van der Waals surface area (Å²) in [6.45, 7) is 1.15. The Balaban J connectivity index is 0.916. The molecule has 9 heteroatoms. The van der Waals surface area contributed by atoms with Gasteiger partial charge in [0.05, 0.1) is 5.41 Å². The van der Waals surface area contributed by atoms with Gasteiger partial charge in [-0.3, -0.25) is 24.5 Å². The molecule has 39 heavy (non-hydrogen) atoms. The van der Waals surface area contributed by atoms with Gasteiger partial charge in [0.25, 0.3) is 5.91 Å². The van der Waals surface area contributed by atoms with Crippen molar-refractivity contribution < 1.29 is 19.2 Å². The first-order valence-corrected chi connectivity index (χ1v) is 16.0. The number of nitrogens with one attached hydrogen (secondary N) is 2. The molecule has 6 aliphatic rings. The van der Waals surface area contributed by atoms with Crippen molar-refractivity contribution in [1.29, 1.82) is 0 Å². The first kappa shape index (κ1) is 27.1. The molecule has 5 fully saturated rings. The van der Waals surface area contributed by atoms with E-state index in [4.69, 9.17) is 11.6 Å². The quantitative estimate of drug-likeness (QED) is 0.182. The number of carbonyl (C=O) groups excluding carboxylic acids is 4. The van der Waals surface area contributed by atoms with Crippen molar-refractivity contribution in [2.75, 3.05) is 12.3 Å². The summed E-state index contributed by atoms with van der Waals surface area (Å²) in [5, 5.41) is 5.62. The number of imide groups is 1. The number of hydrogen-bond acceptors (Lipinski definition) is 5. The average molecular weight is 572 g/mol. The van der Waals surface area contributed by atoms with E-state index in [-0.39, 0.29) is 40.3 Å². The molecule has 4 amide bonds. The molecule has 0 radical (unpaired) electrons. The molecule has 2 N–H and O–H groups in total. The van der Waals surface area contributed by atoms with E-state index in [1.54, 1.807) is 16.7 Å². The molecule has 2 aliphatic heterocycles. The molecule has 7 rings (SSSR count). The summed E-state index contributed by atoms with van der Waals surface area (Å²) < 4.78 is 0. The van der Waals surface area contributed by atoms with E-state index in [9.17, 15) is 19.2 Å². The van der Waals surface area contributed by atoms with Crippen LogP contribution in [0.1, 0.15) is 93.0 Å². The molecule has 4 bridgehead atoms. The maximum absolute atomic E-state index is 13.2. The number of benzene rings is 1. The first-order chi connectivity index (χ1) is 18.8. The van der Waals surface area contributed by atoms with Gasteiger partial charge in [-0.25, -0.2) is 0 Å². The van der Waals surface area contributed by atoms with Crippen molar-refractivity contribution in [2.45, 2.75) is 99.4 Å². The molecule has 3 unspecified atom stereocenters. The van der Waals surface area contributed by atoms with E-state index < -0.39 is 6.04 Å². The van der Waals surface area contributed by atoms with Crippen LogP contribution >= 0.6 is 23.4 Å². The van der Waals surface area contributed by atoms with E-state index in [1.165, 1.54) is 6.42 Å². The molecule has 210 valence electrons. The second-order valence-corrected chi connectivity index (χ2v) is 14.5. The minimum absolute atomic E-state index is 0.126. The number of rotatable bonds is 10. The number of unbranched alkanes of at least 4 members (excludes halogenated alkanes) is 3. The maximum Gasteiger partial charge on any atom is 0.255 e. The van der Waals surface area contributed by atoms with Crippen molar-refractivity contribution in [2.24, 2.45) is 17.3 Å². The van der Waals surface area contributed by atoms with Crippen molar-refractivity contribution in [3.05, 3.63) is 29.3 Å². The molecule has 1 saturated heterocycles. The highest BCUT2D eigenvalue weighted by Gasteiger charge is 2.60. The Kier molecular flexibility index (Phi) is 7.46. The zero-order valence-electron chi connectivity index (χ0n) is 22.4. The molecule has 1 aromatic carbocycles. The number of alkyl halides is 1. The van der Waals surface area contributed by atoms with Crippen LogP contribution in [0.4, 0.5) is 0 Å². The fourth-order valence-electron chi connectivity index (χ4n) is 8.26. The largest absolute Gasteiger partial charge is 0.356 e. The second-order valence-electron chi connectivity index (χ2n) is 12.6. The highest BCUT2D eigenvalue weighted by atomic mass is 35.5. The van der Waals surface area contributed by atoms with Gasteiger partial charge in [-0.2, -0.15) is 0 Å². The van der Waals surface area contributed by atoms with Crippen molar-refractivity contribution in [1.82, 2.24) is 15.5 Å². The average Bonchev–Trinajstić information content (AvgIpc) is 3.21. The van der Waals surface area contributed by atoms with Gasteiger partial charge < -0.3 is 10.2 Å². The lowest BCUT2D eigenvalue weighted by Crippen LogP contribution is -2.58. The highest BCUT2D eigenvalue weighted by molar-refractivity contribution is 7.99. The number of piperidine rings is 1. The number of thioether (sulfide) groups is 1. The van der Waals surface area contributed by atoms with Crippen molar-refractivity contribution in [3.8, 4) is 0 Å². The van der Waals surface area contributed by atoms with Gasteiger partial charge in [-0.15, -0.1) is 23.4 Å². The number of halogens is 1. The van der Waals surface area contributed by atoms with Crippen LogP contribution in [0.5, 0.6) is 0 Å². The Bertz CT molecular complexity index is 1170. The van der Waals surface area contributed by atoms with Gasteiger partial charge >= 0.3 is 0 Å². The second kappa shape index (κ2) is 10.7. The zero-order chi connectivity index (χ0) is 27.2. The molecule has 7 nitrogen and oxygen atoms in total. The van der Waals surface area contributed by atoms with E-state index in [2.05, 4.69) is 16.7 Å². The summed E-state index contributed by atoms with van der Waals surface area (Å²) in [5.41, 5.74) is 1.44. The van der Waals surface area contributed by atoms with E-state index in [0.29, 0.717) is 30.4 Å². The molecule has 1 aromatic rings. The number of hydrogen-bond donors (Lipinski definition) is 2. The van der Waals surface area contributed by atoms with Crippen molar-refractivity contribution in [3.63, 3.8) is 0 Å². The molecule has 2 heterocycles. The molecule has 0 spiro atoms. The summed E-state index contributed by atoms with van der Waals surface area (Å²) in [6.07, 6.45) is 11.2. The summed E-state index contributed by atoms with van der Waals surface area (Å²) in [4.78, 5) is 52.6. The lowest BCUT2D eigenvalue weighted by molar-refractivity contribution is -0.144. The predicted molar refractivity (Wildman–Crippen MR) is 150 cm³/mol. The van der Waals surface area contributed by atoms with Gasteiger partial charge in [0.15, 0.2) is 0 Å². The van der Waals surface area contributed by atoms with Crippen LogP contribution in [0.2, 0.25) is 0 Å². The standard InChI is InChI=1S/C30H38ClN3O4S/c31-30-15-19-12-20(16-30)14-29(13-19,18-30)28(38)32-10-3-1-2-4-11-39-24-7-5-6-21-22(24)17-34(27(21)37)23-8-9-25(35)33-26(23)36/h5-7,19-20,23H,1-4,8-18H2,(H,32,38)(H,33,35,36). The maximum atomic E-state index is 13.2. The number of nitrogens with zero attached hydrogens (tertiary/aromatic N) is 1. The number of amides is 4. The van der Waals surface area contributed by atoms with E-state index in [1.807, 2.05) is 12.1 Å². The smallest absolute Gasteiger partial charge is 0.255 e. The van der Waals surface area contributed by atoms with Crippen LogP contribution in [0.3, 0.4) is 0 Å². The molecule has 3 atom stereocenters. The van der Waals surface area contributed by atoms with Gasteiger partial charge in [-0.05, 0) is 93.1 Å². The molecular weight excluding hydrogens is 534 g/mol.